The van der Waals surface area contributed by atoms with E-state index >= 15 is 0 Å². The molecule has 2 aromatic carbocycles. The molecule has 0 fully saturated rings. The van der Waals surface area contributed by atoms with Gasteiger partial charge in [-0.1, -0.05) is 30.3 Å². The van der Waals surface area contributed by atoms with E-state index in [2.05, 4.69) is 5.32 Å². The third kappa shape index (κ3) is 4.52. The maximum atomic E-state index is 12.3. The molecule has 0 aromatic heterocycles. The van der Waals surface area contributed by atoms with Crippen LogP contribution in [-0.4, -0.2) is 41.0 Å². The smallest absolute Gasteiger partial charge is 0.178 e. The summed E-state index contributed by atoms with van der Waals surface area (Å²) in [5.74, 6) is 0.158. The summed E-state index contributed by atoms with van der Waals surface area (Å²) in [7, 11) is -1.57. The van der Waals surface area contributed by atoms with Crippen molar-refractivity contribution in [1.29, 1.82) is 0 Å². The number of hydrogen-bond acceptors (Lipinski definition) is 4. The van der Waals surface area contributed by atoms with Crippen LogP contribution in [0.15, 0.2) is 47.4 Å². The van der Waals surface area contributed by atoms with Crippen molar-refractivity contribution in [3.63, 3.8) is 0 Å². The summed E-state index contributed by atoms with van der Waals surface area (Å²) >= 11 is 0. The van der Waals surface area contributed by atoms with Crippen molar-refractivity contribution in [3.05, 3.63) is 42.5 Å². The predicted molar refractivity (Wildman–Crippen MR) is 85.4 cm³/mol. The Kier molecular flexibility index (Phi) is 5.73. The SMILES string of the molecule is COCCNCCCS(=O)(=O)c1ccc2ccccc2c1. The van der Waals surface area contributed by atoms with Crippen LogP contribution in [0.25, 0.3) is 10.8 Å². The second kappa shape index (κ2) is 7.54. The Morgan fingerprint density at radius 2 is 1.81 bits per heavy atom. The number of methoxy groups -OCH3 is 1. The summed E-state index contributed by atoms with van der Waals surface area (Å²) in [6, 6.07) is 13.1. The Hall–Kier alpha value is -1.43. The zero-order chi connectivity index (χ0) is 15.1. The predicted octanol–water partition coefficient (Wildman–Crippen LogP) is 2.24. The Balaban J connectivity index is 1.97. The Labute approximate surface area is 126 Å². The average molecular weight is 307 g/mol. The minimum Gasteiger partial charge on any atom is -0.383 e. The molecule has 114 valence electrons. The van der Waals surface area contributed by atoms with Gasteiger partial charge in [0.05, 0.1) is 17.3 Å². The Morgan fingerprint density at radius 1 is 1.05 bits per heavy atom. The first kappa shape index (κ1) is 15.9. The topological polar surface area (TPSA) is 55.4 Å². The number of ether oxygens (including phenoxy) is 1. The summed E-state index contributed by atoms with van der Waals surface area (Å²) in [6.45, 7) is 2.06. The fourth-order valence-electron chi connectivity index (χ4n) is 2.17. The number of fused-ring (bicyclic) bond motifs is 1. The molecule has 2 rings (SSSR count). The molecule has 0 radical (unpaired) electrons. The minimum absolute atomic E-state index is 0.158. The molecule has 0 amide bonds. The van der Waals surface area contributed by atoms with E-state index in [0.29, 0.717) is 24.5 Å². The maximum absolute atomic E-state index is 12.3. The molecule has 1 N–H and O–H groups in total. The molecule has 2 aromatic rings. The molecule has 4 nitrogen and oxygen atoms in total. The van der Waals surface area contributed by atoms with Crippen LogP contribution in [0.5, 0.6) is 0 Å². The monoisotopic (exact) mass is 307 g/mol. The van der Waals surface area contributed by atoms with Gasteiger partial charge in [0.25, 0.3) is 0 Å². The third-order valence-corrected chi connectivity index (χ3v) is 5.13. The van der Waals surface area contributed by atoms with Gasteiger partial charge in [0.15, 0.2) is 9.84 Å². The van der Waals surface area contributed by atoms with Gasteiger partial charge in [-0.2, -0.15) is 0 Å². The highest BCUT2D eigenvalue weighted by atomic mass is 32.2. The largest absolute Gasteiger partial charge is 0.383 e. The second-order valence-electron chi connectivity index (χ2n) is 4.92. The van der Waals surface area contributed by atoms with E-state index in [-0.39, 0.29) is 5.75 Å². The van der Waals surface area contributed by atoms with Crippen molar-refractivity contribution in [1.82, 2.24) is 5.32 Å². The molecule has 0 saturated carbocycles. The van der Waals surface area contributed by atoms with E-state index in [1.165, 1.54) is 0 Å². The number of benzene rings is 2. The van der Waals surface area contributed by atoms with Gasteiger partial charge in [-0.05, 0) is 35.9 Å². The van der Waals surface area contributed by atoms with Crippen LogP contribution in [0.4, 0.5) is 0 Å². The number of hydrogen-bond donors (Lipinski definition) is 1. The van der Waals surface area contributed by atoms with Gasteiger partial charge in [0.1, 0.15) is 0 Å². The molecular weight excluding hydrogens is 286 g/mol. The molecule has 0 heterocycles. The molecule has 0 spiro atoms. The maximum Gasteiger partial charge on any atom is 0.178 e. The van der Waals surface area contributed by atoms with Crippen LogP contribution < -0.4 is 5.32 Å². The molecule has 0 aliphatic heterocycles. The zero-order valence-corrected chi connectivity index (χ0v) is 13.0. The molecule has 0 bridgehead atoms. The van der Waals surface area contributed by atoms with Crippen molar-refractivity contribution in [2.75, 3.05) is 32.6 Å². The van der Waals surface area contributed by atoms with Crippen LogP contribution in [0.1, 0.15) is 6.42 Å². The first-order valence-electron chi connectivity index (χ1n) is 7.05. The minimum atomic E-state index is -3.22. The number of rotatable bonds is 8. The molecule has 0 atom stereocenters. The summed E-state index contributed by atoms with van der Waals surface area (Å²) < 4.78 is 29.5. The second-order valence-corrected chi connectivity index (χ2v) is 7.03. The van der Waals surface area contributed by atoms with E-state index in [1.807, 2.05) is 30.3 Å². The van der Waals surface area contributed by atoms with Crippen molar-refractivity contribution >= 4 is 20.6 Å². The standard InChI is InChI=1S/C16H21NO3S/c1-20-11-10-17-9-4-12-21(18,19)16-8-7-14-5-2-3-6-15(14)13-16/h2-3,5-8,13,17H,4,9-12H2,1H3. The molecule has 0 aliphatic carbocycles. The Bertz CT molecular complexity index is 683. The third-order valence-electron chi connectivity index (χ3n) is 3.33. The van der Waals surface area contributed by atoms with Crippen molar-refractivity contribution in [2.24, 2.45) is 0 Å². The highest BCUT2D eigenvalue weighted by Gasteiger charge is 2.14. The molecular formula is C16H21NO3S. The van der Waals surface area contributed by atoms with Gasteiger partial charge >= 0.3 is 0 Å². The van der Waals surface area contributed by atoms with Gasteiger partial charge in [-0.15, -0.1) is 0 Å². The lowest BCUT2D eigenvalue weighted by Crippen LogP contribution is -2.22. The van der Waals surface area contributed by atoms with Gasteiger partial charge < -0.3 is 10.1 Å². The van der Waals surface area contributed by atoms with E-state index in [9.17, 15) is 8.42 Å². The Morgan fingerprint density at radius 3 is 2.57 bits per heavy atom. The fourth-order valence-corrected chi connectivity index (χ4v) is 3.51. The summed E-state index contributed by atoms with van der Waals surface area (Å²) in [5, 5.41) is 5.16. The molecule has 0 aliphatic rings. The van der Waals surface area contributed by atoms with Crippen LogP contribution in [0, 0.1) is 0 Å². The van der Waals surface area contributed by atoms with Gasteiger partial charge in [-0.3, -0.25) is 0 Å². The quantitative estimate of drug-likeness (QED) is 0.760. The molecule has 0 unspecified atom stereocenters. The first-order chi connectivity index (χ1) is 10.1. The summed E-state index contributed by atoms with van der Waals surface area (Å²) in [4.78, 5) is 0.401. The van der Waals surface area contributed by atoms with Crippen LogP contribution in [-0.2, 0) is 14.6 Å². The van der Waals surface area contributed by atoms with Crippen molar-refractivity contribution < 1.29 is 13.2 Å². The summed E-state index contributed by atoms with van der Waals surface area (Å²) in [6.07, 6.45) is 0.596. The fraction of sp³-hybridized carbons (Fsp3) is 0.375. The normalized spacial score (nSPS) is 11.9. The van der Waals surface area contributed by atoms with E-state index < -0.39 is 9.84 Å². The lowest BCUT2D eigenvalue weighted by molar-refractivity contribution is 0.199. The average Bonchev–Trinajstić information content (AvgIpc) is 2.50. The van der Waals surface area contributed by atoms with Crippen LogP contribution >= 0.6 is 0 Å². The van der Waals surface area contributed by atoms with E-state index in [4.69, 9.17) is 4.74 Å². The van der Waals surface area contributed by atoms with Gasteiger partial charge in [0, 0.05) is 13.7 Å². The van der Waals surface area contributed by atoms with E-state index in [0.717, 1.165) is 17.3 Å². The molecule has 0 saturated heterocycles. The zero-order valence-electron chi connectivity index (χ0n) is 12.2. The lowest BCUT2D eigenvalue weighted by atomic mass is 10.1. The molecule has 21 heavy (non-hydrogen) atoms. The van der Waals surface area contributed by atoms with Crippen molar-refractivity contribution in [2.45, 2.75) is 11.3 Å². The van der Waals surface area contributed by atoms with Gasteiger partial charge in [-0.25, -0.2) is 8.42 Å². The van der Waals surface area contributed by atoms with Crippen LogP contribution in [0.2, 0.25) is 0 Å². The molecule has 5 heteroatoms. The van der Waals surface area contributed by atoms with E-state index in [1.54, 1.807) is 19.2 Å². The van der Waals surface area contributed by atoms with Crippen LogP contribution in [0.3, 0.4) is 0 Å². The first-order valence-corrected chi connectivity index (χ1v) is 8.70. The van der Waals surface area contributed by atoms with Gasteiger partial charge in [0.2, 0.25) is 0 Å². The van der Waals surface area contributed by atoms with Crippen molar-refractivity contribution in [3.8, 4) is 0 Å². The number of sulfone groups is 1. The lowest BCUT2D eigenvalue weighted by Gasteiger charge is -2.07. The summed E-state index contributed by atoms with van der Waals surface area (Å²) in [5.41, 5.74) is 0. The highest BCUT2D eigenvalue weighted by Crippen LogP contribution is 2.20. The number of nitrogens with one attached hydrogen (secondary N) is 1. The highest BCUT2D eigenvalue weighted by molar-refractivity contribution is 7.91.